The van der Waals surface area contributed by atoms with Crippen LogP contribution in [0.4, 0.5) is 5.69 Å². The SMILES string of the molecule is O=C(Nc1ccc2c(c1)nc1n2CCN(Cc2ccccc2)C1)c1ccc(Cl)cc1. The molecule has 0 spiro atoms. The molecule has 4 aromatic rings. The number of fused-ring (bicyclic) bond motifs is 3. The van der Waals surface area contributed by atoms with Crippen LogP contribution in [0.3, 0.4) is 0 Å². The Morgan fingerprint density at radius 1 is 1.00 bits per heavy atom. The van der Waals surface area contributed by atoms with Crippen molar-refractivity contribution in [2.75, 3.05) is 11.9 Å². The number of imidazole rings is 1. The average Bonchev–Trinajstić information content (AvgIpc) is 3.11. The van der Waals surface area contributed by atoms with Gasteiger partial charge in [0.25, 0.3) is 5.91 Å². The Kier molecular flexibility index (Phi) is 4.99. The number of nitrogens with zero attached hydrogens (tertiary/aromatic N) is 3. The number of hydrogen-bond donors (Lipinski definition) is 1. The standard InChI is InChI=1S/C24H21ClN4O/c25-19-8-6-18(7-9-19)24(30)26-20-10-11-22-21(14-20)27-23-16-28(12-13-29(22)23)15-17-4-2-1-3-5-17/h1-11,14H,12-13,15-16H2,(H,26,30). The predicted octanol–water partition coefficient (Wildman–Crippen LogP) is 4.96. The maximum Gasteiger partial charge on any atom is 0.255 e. The van der Waals surface area contributed by atoms with Gasteiger partial charge in [0.2, 0.25) is 0 Å². The van der Waals surface area contributed by atoms with Crippen molar-refractivity contribution >= 4 is 34.2 Å². The molecule has 0 bridgehead atoms. The summed E-state index contributed by atoms with van der Waals surface area (Å²) in [7, 11) is 0. The minimum Gasteiger partial charge on any atom is -0.326 e. The van der Waals surface area contributed by atoms with Crippen molar-refractivity contribution in [2.45, 2.75) is 19.6 Å². The molecule has 2 heterocycles. The lowest BCUT2D eigenvalue weighted by Crippen LogP contribution is -2.33. The summed E-state index contributed by atoms with van der Waals surface area (Å²) < 4.78 is 2.28. The van der Waals surface area contributed by atoms with Gasteiger partial charge in [-0.2, -0.15) is 0 Å². The molecule has 0 saturated heterocycles. The van der Waals surface area contributed by atoms with Crippen molar-refractivity contribution in [3.05, 3.63) is 94.8 Å². The summed E-state index contributed by atoms with van der Waals surface area (Å²) in [5.74, 6) is 0.900. The van der Waals surface area contributed by atoms with Gasteiger partial charge in [0.15, 0.2) is 0 Å². The number of aromatic nitrogens is 2. The molecule has 1 amide bonds. The van der Waals surface area contributed by atoms with Gasteiger partial charge in [-0.3, -0.25) is 9.69 Å². The van der Waals surface area contributed by atoms with Crippen LogP contribution in [-0.4, -0.2) is 26.9 Å². The first-order chi connectivity index (χ1) is 14.7. The average molecular weight is 417 g/mol. The monoisotopic (exact) mass is 416 g/mol. The molecule has 0 radical (unpaired) electrons. The maximum absolute atomic E-state index is 12.5. The predicted molar refractivity (Wildman–Crippen MR) is 120 cm³/mol. The van der Waals surface area contributed by atoms with E-state index in [1.165, 1.54) is 5.56 Å². The normalized spacial score (nSPS) is 13.9. The van der Waals surface area contributed by atoms with Gasteiger partial charge in [-0.25, -0.2) is 4.98 Å². The first kappa shape index (κ1) is 18.9. The zero-order valence-corrected chi connectivity index (χ0v) is 17.1. The van der Waals surface area contributed by atoms with Crippen molar-refractivity contribution in [1.29, 1.82) is 0 Å². The third-order valence-corrected chi connectivity index (χ3v) is 5.70. The lowest BCUT2D eigenvalue weighted by molar-refractivity contribution is 0.102. The van der Waals surface area contributed by atoms with Crippen LogP contribution in [0.2, 0.25) is 5.02 Å². The fraction of sp³-hybridized carbons (Fsp3) is 0.167. The number of rotatable bonds is 4. The highest BCUT2D eigenvalue weighted by Crippen LogP contribution is 2.25. The molecule has 6 heteroatoms. The van der Waals surface area contributed by atoms with E-state index < -0.39 is 0 Å². The number of halogens is 1. The second-order valence-electron chi connectivity index (χ2n) is 7.54. The lowest BCUT2D eigenvalue weighted by atomic mass is 10.2. The maximum atomic E-state index is 12.5. The summed E-state index contributed by atoms with van der Waals surface area (Å²) in [6.07, 6.45) is 0. The van der Waals surface area contributed by atoms with E-state index in [2.05, 4.69) is 39.0 Å². The Labute approximate surface area is 179 Å². The second-order valence-corrected chi connectivity index (χ2v) is 7.98. The van der Waals surface area contributed by atoms with Crippen LogP contribution in [0.1, 0.15) is 21.7 Å². The number of anilines is 1. The van der Waals surface area contributed by atoms with Gasteiger partial charge in [-0.1, -0.05) is 41.9 Å². The van der Waals surface area contributed by atoms with E-state index in [1.54, 1.807) is 24.3 Å². The molecule has 0 fully saturated rings. The van der Waals surface area contributed by atoms with Crippen molar-refractivity contribution in [1.82, 2.24) is 14.5 Å². The number of benzene rings is 3. The first-order valence-electron chi connectivity index (χ1n) is 9.98. The minimum absolute atomic E-state index is 0.163. The Hall–Kier alpha value is -3.15. The summed E-state index contributed by atoms with van der Waals surface area (Å²) in [5, 5.41) is 3.56. The fourth-order valence-corrected chi connectivity index (χ4v) is 4.06. The van der Waals surface area contributed by atoms with E-state index in [-0.39, 0.29) is 5.91 Å². The quantitative estimate of drug-likeness (QED) is 0.511. The van der Waals surface area contributed by atoms with Crippen molar-refractivity contribution in [2.24, 2.45) is 0 Å². The zero-order valence-electron chi connectivity index (χ0n) is 16.4. The number of amides is 1. The topological polar surface area (TPSA) is 50.2 Å². The van der Waals surface area contributed by atoms with E-state index in [1.807, 2.05) is 24.3 Å². The zero-order chi connectivity index (χ0) is 20.5. The number of hydrogen-bond acceptors (Lipinski definition) is 3. The molecule has 0 atom stereocenters. The molecule has 3 aromatic carbocycles. The van der Waals surface area contributed by atoms with Crippen LogP contribution in [0.5, 0.6) is 0 Å². The van der Waals surface area contributed by atoms with Gasteiger partial charge in [-0.15, -0.1) is 0 Å². The second kappa shape index (κ2) is 7.94. The highest BCUT2D eigenvalue weighted by molar-refractivity contribution is 6.30. The molecule has 0 unspecified atom stereocenters. The molecule has 1 aromatic heterocycles. The summed E-state index contributed by atoms with van der Waals surface area (Å²) in [6, 6.07) is 23.3. The summed E-state index contributed by atoms with van der Waals surface area (Å²) in [4.78, 5) is 19.8. The molecular weight excluding hydrogens is 396 g/mol. The van der Waals surface area contributed by atoms with Crippen molar-refractivity contribution < 1.29 is 4.79 Å². The van der Waals surface area contributed by atoms with Crippen LogP contribution in [0, 0.1) is 0 Å². The molecule has 150 valence electrons. The first-order valence-corrected chi connectivity index (χ1v) is 10.4. The summed E-state index contributed by atoms with van der Waals surface area (Å²) >= 11 is 5.90. The van der Waals surface area contributed by atoms with E-state index in [4.69, 9.17) is 16.6 Å². The lowest BCUT2D eigenvalue weighted by Gasteiger charge is -2.27. The fourth-order valence-electron chi connectivity index (χ4n) is 3.93. The Morgan fingerprint density at radius 2 is 1.80 bits per heavy atom. The molecule has 30 heavy (non-hydrogen) atoms. The smallest absolute Gasteiger partial charge is 0.255 e. The van der Waals surface area contributed by atoms with Crippen molar-refractivity contribution in [3.63, 3.8) is 0 Å². The minimum atomic E-state index is -0.163. The summed E-state index contributed by atoms with van der Waals surface area (Å²) in [6.45, 7) is 3.64. The molecule has 0 aliphatic carbocycles. The van der Waals surface area contributed by atoms with Gasteiger partial charge < -0.3 is 9.88 Å². The van der Waals surface area contributed by atoms with E-state index in [0.29, 0.717) is 10.6 Å². The van der Waals surface area contributed by atoms with Crippen LogP contribution in [0.25, 0.3) is 11.0 Å². The van der Waals surface area contributed by atoms with Gasteiger partial charge in [-0.05, 0) is 48.0 Å². The number of nitrogens with one attached hydrogen (secondary N) is 1. The number of carbonyl (C=O) groups excluding carboxylic acids is 1. The van der Waals surface area contributed by atoms with E-state index >= 15 is 0 Å². The van der Waals surface area contributed by atoms with Crippen LogP contribution in [0.15, 0.2) is 72.8 Å². The molecule has 5 rings (SSSR count). The van der Waals surface area contributed by atoms with Gasteiger partial charge >= 0.3 is 0 Å². The van der Waals surface area contributed by atoms with Gasteiger partial charge in [0, 0.05) is 35.9 Å². The molecule has 1 aliphatic heterocycles. The third-order valence-electron chi connectivity index (χ3n) is 5.45. The Bertz CT molecular complexity index is 1200. The van der Waals surface area contributed by atoms with Crippen LogP contribution < -0.4 is 5.32 Å². The van der Waals surface area contributed by atoms with Gasteiger partial charge in [0.1, 0.15) is 5.82 Å². The largest absolute Gasteiger partial charge is 0.326 e. The number of carbonyl (C=O) groups is 1. The molecular formula is C24H21ClN4O. The van der Waals surface area contributed by atoms with Crippen molar-refractivity contribution in [3.8, 4) is 0 Å². The van der Waals surface area contributed by atoms with Crippen LogP contribution >= 0.6 is 11.6 Å². The molecule has 5 nitrogen and oxygen atoms in total. The molecule has 0 saturated carbocycles. The Balaban J connectivity index is 1.34. The molecule has 1 N–H and O–H groups in total. The van der Waals surface area contributed by atoms with Crippen LogP contribution in [-0.2, 0) is 19.6 Å². The third kappa shape index (κ3) is 3.82. The van der Waals surface area contributed by atoms with E-state index in [9.17, 15) is 4.79 Å². The molecule has 1 aliphatic rings. The van der Waals surface area contributed by atoms with Gasteiger partial charge in [0.05, 0.1) is 17.6 Å². The van der Waals surface area contributed by atoms with E-state index in [0.717, 1.165) is 48.7 Å². The highest BCUT2D eigenvalue weighted by Gasteiger charge is 2.20. The highest BCUT2D eigenvalue weighted by atomic mass is 35.5. The summed E-state index contributed by atoms with van der Waals surface area (Å²) in [5.41, 5.74) is 4.63. The Morgan fingerprint density at radius 3 is 2.60 bits per heavy atom.